The molecule has 0 aromatic carbocycles. The van der Waals surface area contributed by atoms with Crippen molar-refractivity contribution in [3.05, 3.63) is 13.8 Å². The van der Waals surface area contributed by atoms with E-state index in [0.29, 0.717) is 37.6 Å². The Balaban J connectivity index is -0.000000117. The Hall–Kier alpha value is 0.359. The van der Waals surface area contributed by atoms with Crippen molar-refractivity contribution in [1.82, 2.24) is 0 Å². The van der Waals surface area contributed by atoms with Gasteiger partial charge in [-0.25, -0.2) is 0 Å². The Kier molecular flexibility index (Phi) is 52.1. The zero-order chi connectivity index (χ0) is 25.6. The molecule has 0 saturated heterocycles. The molecular formula is C24H48O6S2Sn. The molecule has 196 valence electrons. The van der Waals surface area contributed by atoms with Crippen molar-refractivity contribution in [3.63, 3.8) is 0 Å². The fourth-order valence-electron chi connectivity index (χ4n) is 1.22. The summed E-state index contributed by atoms with van der Waals surface area (Å²) in [4.78, 5) is 21.6. The monoisotopic (exact) mass is 616 g/mol. The molecule has 2 unspecified atom stereocenters. The second-order valence-corrected chi connectivity index (χ2v) is 7.54. The molecule has 0 bridgehead atoms. The van der Waals surface area contributed by atoms with Crippen molar-refractivity contribution in [1.29, 1.82) is 0 Å². The summed E-state index contributed by atoms with van der Waals surface area (Å²) in [6.07, 6.45) is 6.97. The zero-order valence-corrected chi connectivity index (χ0v) is 26.3. The number of hydrogen-bond acceptors (Lipinski definition) is 8. The normalized spacial score (nSPS) is 11.0. The minimum atomic E-state index is -0.215. The Bertz CT molecular complexity index is 339. The van der Waals surface area contributed by atoms with Gasteiger partial charge in [0.15, 0.2) is 0 Å². The summed E-state index contributed by atoms with van der Waals surface area (Å²) in [5.74, 6) is 0.429. The smallest absolute Gasteiger partial charge is 0.792 e. The molecule has 4 radical (unpaired) electrons. The first-order valence-corrected chi connectivity index (χ1v) is 12.5. The van der Waals surface area contributed by atoms with Crippen LogP contribution in [0.1, 0.15) is 79.1 Å². The summed E-state index contributed by atoms with van der Waals surface area (Å²) < 4.78 is 19.7. The van der Waals surface area contributed by atoms with Crippen molar-refractivity contribution < 1.29 is 28.5 Å². The van der Waals surface area contributed by atoms with Crippen molar-refractivity contribution in [3.8, 4) is 0 Å². The van der Waals surface area contributed by atoms with Gasteiger partial charge >= 0.3 is 35.8 Å². The summed E-state index contributed by atoms with van der Waals surface area (Å²) in [6, 6.07) is 0. The minimum Gasteiger partial charge on any atom is -0.792 e. The summed E-state index contributed by atoms with van der Waals surface area (Å²) in [7, 11) is 3.27. The number of esters is 2. The molecule has 0 fully saturated rings. The van der Waals surface area contributed by atoms with Crippen LogP contribution in [0.15, 0.2) is 0 Å². The average Bonchev–Trinajstić information content (AvgIpc) is 2.79. The minimum absolute atomic E-state index is 0. The molecule has 2 atom stereocenters. The van der Waals surface area contributed by atoms with Gasteiger partial charge in [0, 0.05) is 39.9 Å². The van der Waals surface area contributed by atoms with Crippen LogP contribution in [0.3, 0.4) is 0 Å². The van der Waals surface area contributed by atoms with E-state index in [-0.39, 0.29) is 48.1 Å². The molecule has 0 aromatic heterocycles. The van der Waals surface area contributed by atoms with Gasteiger partial charge in [-0.05, 0) is 13.8 Å². The van der Waals surface area contributed by atoms with Crippen LogP contribution in [-0.4, -0.2) is 87.0 Å². The molecule has 0 amide bonds. The predicted octanol–water partition coefficient (Wildman–Crippen LogP) is 4.64. The van der Waals surface area contributed by atoms with Crippen molar-refractivity contribution in [2.24, 2.45) is 0 Å². The van der Waals surface area contributed by atoms with Crippen LogP contribution in [-0.2, 0) is 53.8 Å². The molecule has 0 aliphatic heterocycles. The van der Waals surface area contributed by atoms with Crippen LogP contribution in [0.4, 0.5) is 0 Å². The molecule has 0 aliphatic rings. The maximum atomic E-state index is 10.8. The topological polar surface area (TPSA) is 71.1 Å². The summed E-state index contributed by atoms with van der Waals surface area (Å²) in [5, 5.41) is 0. The van der Waals surface area contributed by atoms with E-state index in [1.807, 2.05) is 13.8 Å². The van der Waals surface area contributed by atoms with Crippen molar-refractivity contribution in [2.45, 2.75) is 91.3 Å². The van der Waals surface area contributed by atoms with Crippen LogP contribution in [0.5, 0.6) is 0 Å². The third-order valence-corrected chi connectivity index (χ3v) is 4.11. The molecule has 0 spiro atoms. The number of unbranched alkanes of at least 4 members (excludes halogenated alkanes) is 2. The van der Waals surface area contributed by atoms with Crippen molar-refractivity contribution >= 4 is 61.1 Å². The molecular weight excluding hydrogens is 567 g/mol. The van der Waals surface area contributed by atoms with E-state index in [4.69, 9.17) is 18.9 Å². The third kappa shape index (κ3) is 50.3. The molecule has 0 N–H and O–H groups in total. The Labute approximate surface area is 232 Å². The number of carbonyl (C=O) groups is 2. The van der Waals surface area contributed by atoms with Gasteiger partial charge in [-0.2, -0.15) is 11.5 Å². The SMILES string of the molecule is COC(C)CCOC(=O)CC[S-].COC(C)CCOC(=O)CC[S-].[CH2]CCC.[CH2]CCC.[Sn+2]. The average molecular weight is 615 g/mol. The molecule has 9 heteroatoms. The second kappa shape index (κ2) is 39.6. The molecule has 0 aromatic rings. The van der Waals surface area contributed by atoms with E-state index in [1.165, 1.54) is 12.8 Å². The van der Waals surface area contributed by atoms with Gasteiger partial charge in [0.05, 0.1) is 25.4 Å². The fourth-order valence-corrected chi connectivity index (χ4v) is 1.56. The van der Waals surface area contributed by atoms with E-state index in [0.717, 1.165) is 25.7 Å². The molecule has 0 saturated carbocycles. The third-order valence-electron chi connectivity index (χ3n) is 3.70. The zero-order valence-electron chi connectivity index (χ0n) is 21.8. The molecule has 6 nitrogen and oxygen atoms in total. The van der Waals surface area contributed by atoms with Crippen LogP contribution >= 0.6 is 0 Å². The predicted molar refractivity (Wildman–Crippen MR) is 144 cm³/mol. The number of carbonyl (C=O) groups excluding carboxylic acids is 2. The van der Waals surface area contributed by atoms with E-state index in [2.05, 4.69) is 53.0 Å². The second-order valence-electron chi connectivity index (χ2n) is 6.73. The van der Waals surface area contributed by atoms with Crippen LogP contribution < -0.4 is 0 Å². The van der Waals surface area contributed by atoms with Crippen molar-refractivity contribution in [2.75, 3.05) is 38.9 Å². The van der Waals surface area contributed by atoms with E-state index in [9.17, 15) is 9.59 Å². The first-order chi connectivity index (χ1) is 15.2. The largest absolute Gasteiger partial charge is 2.00 e. The standard InChI is InChI=1S/2C8H16O3S.2C4H9.Sn/c2*1-7(10-2)3-5-11-8(9)4-6-12;2*1-3-4-2;/h2*7,12H,3-6H2,1-2H3;2*1,3-4H2,2H3;/q;;;;+2/p-2. The van der Waals surface area contributed by atoms with Crippen LogP contribution in [0, 0.1) is 13.8 Å². The number of rotatable bonds is 14. The van der Waals surface area contributed by atoms with Gasteiger partial charge in [0.2, 0.25) is 0 Å². The molecule has 0 heterocycles. The fraction of sp³-hybridized carbons (Fsp3) is 0.833. The van der Waals surface area contributed by atoms with Gasteiger partial charge in [-0.1, -0.05) is 53.4 Å². The maximum absolute atomic E-state index is 10.8. The van der Waals surface area contributed by atoms with Gasteiger partial charge < -0.3 is 44.2 Å². The number of ether oxygens (including phenoxy) is 4. The number of methoxy groups -OCH3 is 2. The van der Waals surface area contributed by atoms with Gasteiger partial charge in [-0.15, -0.1) is 0 Å². The molecule has 0 aliphatic carbocycles. The molecule has 33 heavy (non-hydrogen) atoms. The quantitative estimate of drug-likeness (QED) is 0.159. The Morgan fingerprint density at radius 1 is 0.758 bits per heavy atom. The van der Waals surface area contributed by atoms with Crippen LogP contribution in [0.2, 0.25) is 0 Å². The summed E-state index contributed by atoms with van der Waals surface area (Å²) in [5.41, 5.74) is 0. The van der Waals surface area contributed by atoms with E-state index in [1.54, 1.807) is 14.2 Å². The van der Waals surface area contributed by atoms with Gasteiger partial charge in [-0.3, -0.25) is 9.59 Å². The van der Waals surface area contributed by atoms with Gasteiger partial charge in [0.25, 0.3) is 0 Å². The van der Waals surface area contributed by atoms with Gasteiger partial charge in [0.1, 0.15) is 0 Å². The maximum Gasteiger partial charge on any atom is 2.00 e. The van der Waals surface area contributed by atoms with E-state index >= 15 is 0 Å². The summed E-state index contributed by atoms with van der Waals surface area (Å²) >= 11 is 9.26. The summed E-state index contributed by atoms with van der Waals surface area (Å²) in [6.45, 7) is 16.1. The Morgan fingerprint density at radius 2 is 1.03 bits per heavy atom. The first-order valence-electron chi connectivity index (χ1n) is 11.4. The van der Waals surface area contributed by atoms with Crippen LogP contribution in [0.25, 0.3) is 0 Å². The number of hydrogen-bond donors (Lipinski definition) is 0. The van der Waals surface area contributed by atoms with E-state index < -0.39 is 0 Å². The Morgan fingerprint density at radius 3 is 1.21 bits per heavy atom. The molecule has 0 rings (SSSR count). The first kappa shape index (κ1) is 43.4.